The van der Waals surface area contributed by atoms with Gasteiger partial charge in [0.15, 0.2) is 0 Å². The molecule has 0 spiro atoms. The SMILES string of the molecule is CC(C)[C@H](Cn1ccnn1)NS(=O)(=O)c1ccc(-n2cccn2)cc1. The van der Waals surface area contributed by atoms with Crippen LogP contribution in [-0.2, 0) is 16.6 Å². The van der Waals surface area contributed by atoms with Crippen molar-refractivity contribution >= 4 is 10.0 Å². The van der Waals surface area contributed by atoms with E-state index < -0.39 is 10.0 Å². The number of benzene rings is 1. The Morgan fingerprint density at radius 1 is 1.12 bits per heavy atom. The molecule has 1 aromatic carbocycles. The van der Waals surface area contributed by atoms with Crippen LogP contribution in [0, 0.1) is 5.92 Å². The fourth-order valence-corrected chi connectivity index (χ4v) is 3.76. The molecule has 8 nitrogen and oxygen atoms in total. The van der Waals surface area contributed by atoms with Gasteiger partial charge in [-0.3, -0.25) is 4.68 Å². The van der Waals surface area contributed by atoms with Crippen LogP contribution in [0.5, 0.6) is 0 Å². The van der Waals surface area contributed by atoms with Gasteiger partial charge in [0.1, 0.15) is 0 Å². The molecular weight excluding hydrogens is 340 g/mol. The van der Waals surface area contributed by atoms with Crippen LogP contribution >= 0.6 is 0 Å². The summed E-state index contributed by atoms with van der Waals surface area (Å²) in [6.45, 7) is 4.35. The highest BCUT2D eigenvalue weighted by atomic mass is 32.2. The van der Waals surface area contributed by atoms with E-state index in [4.69, 9.17) is 0 Å². The Hall–Kier alpha value is -2.52. The molecule has 0 bridgehead atoms. The number of nitrogens with zero attached hydrogens (tertiary/aromatic N) is 5. The molecule has 1 atom stereocenters. The standard InChI is InChI=1S/C16H20N6O2S/c1-13(2)16(12-21-11-9-17-20-21)19-25(23,24)15-6-4-14(5-7-15)22-10-3-8-18-22/h3-11,13,16,19H,12H2,1-2H3/t16-/m0/s1. The molecule has 2 heterocycles. The second-order valence-corrected chi connectivity index (χ2v) is 7.76. The first kappa shape index (κ1) is 17.3. The minimum absolute atomic E-state index is 0.0994. The smallest absolute Gasteiger partial charge is 0.240 e. The summed E-state index contributed by atoms with van der Waals surface area (Å²) in [7, 11) is -3.63. The van der Waals surface area contributed by atoms with E-state index in [9.17, 15) is 8.42 Å². The summed E-state index contributed by atoms with van der Waals surface area (Å²) in [4.78, 5) is 0.215. The summed E-state index contributed by atoms with van der Waals surface area (Å²) < 4.78 is 31.4. The lowest BCUT2D eigenvalue weighted by atomic mass is 10.1. The third-order valence-electron chi connectivity index (χ3n) is 3.88. The molecule has 0 saturated heterocycles. The van der Waals surface area contributed by atoms with Gasteiger partial charge in [0.2, 0.25) is 10.0 Å². The van der Waals surface area contributed by atoms with E-state index in [1.165, 1.54) is 0 Å². The van der Waals surface area contributed by atoms with E-state index in [-0.39, 0.29) is 16.9 Å². The lowest BCUT2D eigenvalue weighted by molar-refractivity contribution is 0.378. The predicted octanol–water partition coefficient (Wildman–Crippen LogP) is 1.47. The van der Waals surface area contributed by atoms with Crippen molar-refractivity contribution in [2.24, 2.45) is 5.92 Å². The number of hydrogen-bond donors (Lipinski definition) is 1. The molecule has 9 heteroatoms. The van der Waals surface area contributed by atoms with Crippen LogP contribution in [0.25, 0.3) is 5.69 Å². The van der Waals surface area contributed by atoms with Crippen molar-refractivity contribution in [2.75, 3.05) is 0 Å². The summed E-state index contributed by atoms with van der Waals surface area (Å²) in [6.07, 6.45) is 6.75. The lowest BCUT2D eigenvalue weighted by Gasteiger charge is -2.22. The molecule has 0 fully saturated rings. The minimum atomic E-state index is -3.63. The molecule has 132 valence electrons. The summed E-state index contributed by atoms with van der Waals surface area (Å²) in [6, 6.07) is 8.12. The highest BCUT2D eigenvalue weighted by Gasteiger charge is 2.23. The fraction of sp³-hybridized carbons (Fsp3) is 0.312. The van der Waals surface area contributed by atoms with Gasteiger partial charge in [-0.2, -0.15) is 5.10 Å². The summed E-state index contributed by atoms with van der Waals surface area (Å²) in [5.41, 5.74) is 0.798. The summed E-state index contributed by atoms with van der Waals surface area (Å²) >= 11 is 0. The van der Waals surface area contributed by atoms with E-state index in [1.54, 1.807) is 58.4 Å². The van der Waals surface area contributed by atoms with Crippen LogP contribution < -0.4 is 4.72 Å². The third-order valence-corrected chi connectivity index (χ3v) is 5.39. The number of rotatable bonds is 7. The average Bonchev–Trinajstić information content (AvgIpc) is 3.28. The van der Waals surface area contributed by atoms with Gasteiger partial charge in [-0.25, -0.2) is 17.8 Å². The Labute approximate surface area is 146 Å². The second-order valence-electron chi connectivity index (χ2n) is 6.04. The molecule has 0 unspecified atom stereocenters. The predicted molar refractivity (Wildman–Crippen MR) is 92.5 cm³/mol. The van der Waals surface area contributed by atoms with Gasteiger partial charge in [0.25, 0.3) is 0 Å². The van der Waals surface area contributed by atoms with E-state index in [1.807, 2.05) is 19.9 Å². The van der Waals surface area contributed by atoms with Gasteiger partial charge in [-0.15, -0.1) is 5.10 Å². The van der Waals surface area contributed by atoms with Crippen molar-refractivity contribution in [1.82, 2.24) is 29.5 Å². The first-order chi connectivity index (χ1) is 12.0. The second kappa shape index (κ2) is 7.16. The largest absolute Gasteiger partial charge is 0.251 e. The molecule has 0 amide bonds. The quantitative estimate of drug-likeness (QED) is 0.688. The molecule has 2 aromatic heterocycles. The Bertz CT molecular complexity index is 887. The zero-order chi connectivity index (χ0) is 17.9. The average molecular weight is 360 g/mol. The van der Waals surface area contributed by atoms with Crippen LogP contribution in [0.2, 0.25) is 0 Å². The van der Waals surface area contributed by atoms with Crippen LogP contribution in [0.15, 0.2) is 60.0 Å². The number of sulfonamides is 1. The first-order valence-electron chi connectivity index (χ1n) is 7.92. The van der Waals surface area contributed by atoms with Crippen molar-refractivity contribution < 1.29 is 8.42 Å². The van der Waals surface area contributed by atoms with Gasteiger partial charge < -0.3 is 0 Å². The molecule has 25 heavy (non-hydrogen) atoms. The number of hydrogen-bond acceptors (Lipinski definition) is 5. The minimum Gasteiger partial charge on any atom is -0.251 e. The van der Waals surface area contributed by atoms with Crippen LogP contribution in [0.4, 0.5) is 0 Å². The highest BCUT2D eigenvalue weighted by molar-refractivity contribution is 7.89. The van der Waals surface area contributed by atoms with Crippen LogP contribution in [0.3, 0.4) is 0 Å². The Morgan fingerprint density at radius 3 is 2.44 bits per heavy atom. The number of aromatic nitrogens is 5. The van der Waals surface area contributed by atoms with Crippen LogP contribution in [0.1, 0.15) is 13.8 Å². The number of nitrogens with one attached hydrogen (secondary N) is 1. The van der Waals surface area contributed by atoms with Crippen molar-refractivity contribution in [3.63, 3.8) is 0 Å². The van der Waals surface area contributed by atoms with E-state index in [0.29, 0.717) is 6.54 Å². The fourth-order valence-electron chi connectivity index (χ4n) is 2.38. The van der Waals surface area contributed by atoms with E-state index in [0.717, 1.165) is 5.69 Å². The molecule has 0 radical (unpaired) electrons. The van der Waals surface area contributed by atoms with Gasteiger partial charge in [-0.1, -0.05) is 19.1 Å². The Balaban J connectivity index is 1.77. The van der Waals surface area contributed by atoms with Crippen molar-refractivity contribution in [3.05, 3.63) is 55.1 Å². The van der Waals surface area contributed by atoms with Gasteiger partial charge in [0, 0.05) is 24.6 Å². The molecule has 0 aliphatic heterocycles. The van der Waals surface area contributed by atoms with Crippen molar-refractivity contribution in [1.29, 1.82) is 0 Å². The molecule has 0 aliphatic rings. The Morgan fingerprint density at radius 2 is 1.88 bits per heavy atom. The molecule has 3 rings (SSSR count). The Kier molecular flexibility index (Phi) is 4.95. The van der Waals surface area contributed by atoms with Gasteiger partial charge in [-0.05, 0) is 36.2 Å². The van der Waals surface area contributed by atoms with E-state index >= 15 is 0 Å². The van der Waals surface area contributed by atoms with Gasteiger partial charge in [0.05, 0.1) is 23.3 Å². The van der Waals surface area contributed by atoms with Crippen molar-refractivity contribution in [2.45, 2.75) is 31.3 Å². The van der Waals surface area contributed by atoms with Gasteiger partial charge >= 0.3 is 0 Å². The zero-order valence-corrected chi connectivity index (χ0v) is 14.8. The highest BCUT2D eigenvalue weighted by Crippen LogP contribution is 2.15. The maximum absolute atomic E-state index is 12.7. The monoisotopic (exact) mass is 360 g/mol. The normalized spacial score (nSPS) is 13.2. The summed E-state index contributed by atoms with van der Waals surface area (Å²) in [5, 5.41) is 11.8. The summed E-state index contributed by atoms with van der Waals surface area (Å²) in [5.74, 6) is 0.0994. The first-order valence-corrected chi connectivity index (χ1v) is 9.40. The molecule has 0 aliphatic carbocycles. The molecular formula is C16H20N6O2S. The molecule has 0 saturated carbocycles. The maximum atomic E-state index is 12.7. The van der Waals surface area contributed by atoms with E-state index in [2.05, 4.69) is 20.1 Å². The maximum Gasteiger partial charge on any atom is 0.240 e. The molecule has 1 N–H and O–H groups in total. The third kappa shape index (κ3) is 4.12. The molecule has 3 aromatic rings. The van der Waals surface area contributed by atoms with Crippen molar-refractivity contribution in [3.8, 4) is 5.69 Å². The lowest BCUT2D eigenvalue weighted by Crippen LogP contribution is -2.41. The topological polar surface area (TPSA) is 94.7 Å². The van der Waals surface area contributed by atoms with Crippen LogP contribution in [-0.4, -0.2) is 39.2 Å². The zero-order valence-electron chi connectivity index (χ0n) is 14.0.